The van der Waals surface area contributed by atoms with E-state index in [4.69, 9.17) is 5.73 Å². The van der Waals surface area contributed by atoms with Crippen LogP contribution in [-0.2, 0) is 0 Å². The van der Waals surface area contributed by atoms with Gasteiger partial charge in [0.25, 0.3) is 0 Å². The van der Waals surface area contributed by atoms with Crippen molar-refractivity contribution in [2.24, 2.45) is 0 Å². The molecular weight excluding hydrogens is 618 g/mol. The molecule has 0 spiro atoms. The summed E-state index contributed by atoms with van der Waals surface area (Å²) < 4.78 is 2.77. The zero-order valence-corrected chi connectivity index (χ0v) is 28.2. The Bertz CT molecular complexity index is 2150. The van der Waals surface area contributed by atoms with E-state index in [0.717, 1.165) is 16.6 Å². The highest BCUT2D eigenvalue weighted by atomic mass is 31.2. The average Bonchev–Trinajstić information content (AvgIpc) is 3.16. The number of hydrogen-bond donors (Lipinski definition) is 1. The minimum atomic E-state index is -1.07. The van der Waals surface area contributed by atoms with Crippen LogP contribution in [0.25, 0.3) is 32.7 Å². The summed E-state index contributed by atoms with van der Waals surface area (Å²) in [7, 11) is -2.14. The summed E-state index contributed by atoms with van der Waals surface area (Å²) in [6, 6.07) is 70.4. The first-order valence-electron chi connectivity index (χ1n) is 16.2. The number of nitrogen functional groups attached to an aromatic ring is 1. The van der Waals surface area contributed by atoms with E-state index in [2.05, 4.69) is 199 Å². The van der Waals surface area contributed by atoms with Crippen molar-refractivity contribution in [2.75, 3.05) is 10.2 Å². The second kappa shape index (κ2) is 13.5. The molecule has 0 aromatic heterocycles. The SMILES string of the molecule is Nc1ccc2ccccc2c1-c1c(N(P(c2ccccc2)c2ccccc2)P(c2ccccc2)c2ccccc2)ccc2ccccc12. The molecule has 0 amide bonds. The van der Waals surface area contributed by atoms with Crippen LogP contribution in [0.3, 0.4) is 0 Å². The number of hydrogen-bond acceptors (Lipinski definition) is 2. The molecule has 48 heavy (non-hydrogen) atoms. The van der Waals surface area contributed by atoms with Crippen molar-refractivity contribution in [2.45, 2.75) is 0 Å². The highest BCUT2D eigenvalue weighted by Gasteiger charge is 2.34. The first kappa shape index (κ1) is 30.1. The van der Waals surface area contributed by atoms with Gasteiger partial charge < -0.3 is 10.2 Å². The Morgan fingerprint density at radius 2 is 0.688 bits per heavy atom. The van der Waals surface area contributed by atoms with Crippen molar-refractivity contribution in [1.29, 1.82) is 0 Å². The largest absolute Gasteiger partial charge is 0.398 e. The Morgan fingerprint density at radius 3 is 1.12 bits per heavy atom. The number of fused-ring (bicyclic) bond motifs is 2. The lowest BCUT2D eigenvalue weighted by Crippen LogP contribution is -2.32. The Labute approximate surface area is 284 Å². The molecule has 0 aliphatic heterocycles. The summed E-state index contributed by atoms with van der Waals surface area (Å²) in [5, 5.41) is 9.89. The molecule has 0 aliphatic carbocycles. The zero-order chi connectivity index (χ0) is 32.3. The maximum atomic E-state index is 7.07. The number of nitrogens with zero attached hydrogens (tertiary/aromatic N) is 1. The Morgan fingerprint density at radius 1 is 0.333 bits per heavy atom. The van der Waals surface area contributed by atoms with E-state index in [-0.39, 0.29) is 0 Å². The van der Waals surface area contributed by atoms with Crippen LogP contribution in [0.15, 0.2) is 194 Å². The zero-order valence-electron chi connectivity index (χ0n) is 26.4. The molecular formula is C44H34N2P2. The van der Waals surface area contributed by atoms with E-state index < -0.39 is 16.1 Å². The highest BCUT2D eigenvalue weighted by Crippen LogP contribution is 2.60. The van der Waals surface area contributed by atoms with Crippen molar-refractivity contribution >= 4 is 70.3 Å². The number of rotatable bonds is 8. The Balaban J connectivity index is 1.54. The maximum absolute atomic E-state index is 7.07. The standard InChI is InChI=1S/C44H34N2P2/c45-41-31-29-33-17-13-15-27-39(33)43(41)44-40-28-16-14-18-34(40)30-32-42(44)46(47(35-19-5-1-6-20-35)36-21-7-2-8-22-36)48(37-23-9-3-10-24-37)38-25-11-4-12-26-38/h1-32H,45H2. The summed E-state index contributed by atoms with van der Waals surface area (Å²) in [5.74, 6) is 0. The smallest absolute Gasteiger partial charge is 0.0590 e. The molecule has 0 saturated carbocycles. The molecule has 230 valence electrons. The minimum absolute atomic E-state index is 0.777. The molecule has 8 aromatic rings. The number of nitrogens with two attached hydrogens (primary N) is 1. The van der Waals surface area contributed by atoms with Crippen LogP contribution >= 0.6 is 16.1 Å². The van der Waals surface area contributed by atoms with Gasteiger partial charge in [-0.3, -0.25) is 0 Å². The summed E-state index contributed by atoms with van der Waals surface area (Å²) in [5.41, 5.74) is 11.3. The van der Waals surface area contributed by atoms with Crippen LogP contribution in [-0.4, -0.2) is 0 Å². The van der Waals surface area contributed by atoms with Crippen molar-refractivity contribution < 1.29 is 0 Å². The predicted molar refractivity (Wildman–Crippen MR) is 212 cm³/mol. The molecule has 0 saturated heterocycles. The van der Waals surface area contributed by atoms with Gasteiger partial charge in [-0.15, -0.1) is 0 Å². The van der Waals surface area contributed by atoms with E-state index in [1.807, 2.05) is 0 Å². The maximum Gasteiger partial charge on any atom is 0.0590 e. The van der Waals surface area contributed by atoms with Gasteiger partial charge in [-0.2, -0.15) is 0 Å². The summed E-state index contributed by atoms with van der Waals surface area (Å²) in [4.78, 5) is 0. The number of anilines is 2. The van der Waals surface area contributed by atoms with Gasteiger partial charge in [0, 0.05) is 38.0 Å². The number of benzene rings is 8. The first-order chi connectivity index (χ1) is 23.8. The molecule has 2 N–H and O–H groups in total. The van der Waals surface area contributed by atoms with Gasteiger partial charge in [-0.1, -0.05) is 182 Å². The second-order valence-electron chi connectivity index (χ2n) is 11.7. The average molecular weight is 653 g/mol. The summed E-state index contributed by atoms with van der Waals surface area (Å²) in [6.45, 7) is 0. The van der Waals surface area contributed by atoms with Gasteiger partial charge >= 0.3 is 0 Å². The van der Waals surface area contributed by atoms with Crippen LogP contribution in [0.5, 0.6) is 0 Å². The van der Waals surface area contributed by atoms with Gasteiger partial charge in [0.2, 0.25) is 0 Å². The third-order valence-corrected chi connectivity index (χ3v) is 14.1. The van der Waals surface area contributed by atoms with Gasteiger partial charge in [0.1, 0.15) is 0 Å². The lowest BCUT2D eigenvalue weighted by atomic mass is 9.91. The molecule has 0 aliphatic rings. The Hall–Kier alpha value is -5.26. The fraction of sp³-hybridized carbons (Fsp3) is 0. The van der Waals surface area contributed by atoms with Gasteiger partial charge in [0.15, 0.2) is 0 Å². The van der Waals surface area contributed by atoms with Crippen LogP contribution in [0.2, 0.25) is 0 Å². The van der Waals surface area contributed by atoms with Gasteiger partial charge in [-0.25, -0.2) is 0 Å². The predicted octanol–water partition coefficient (Wildman–Crippen LogP) is 10.1. The molecule has 0 bridgehead atoms. The normalized spacial score (nSPS) is 11.4. The third-order valence-electron chi connectivity index (χ3n) is 8.72. The molecule has 0 heterocycles. The fourth-order valence-corrected chi connectivity index (χ4v) is 12.6. The first-order valence-corrected chi connectivity index (χ1v) is 18.8. The van der Waals surface area contributed by atoms with E-state index in [0.29, 0.717) is 0 Å². The van der Waals surface area contributed by atoms with Crippen LogP contribution in [0.1, 0.15) is 0 Å². The quantitative estimate of drug-likeness (QED) is 0.131. The van der Waals surface area contributed by atoms with Crippen LogP contribution < -0.4 is 31.4 Å². The molecule has 0 atom stereocenters. The molecule has 0 fully saturated rings. The lowest BCUT2D eigenvalue weighted by Gasteiger charge is -2.42. The van der Waals surface area contributed by atoms with Crippen molar-refractivity contribution in [3.63, 3.8) is 0 Å². The molecule has 0 unspecified atom stereocenters. The highest BCUT2D eigenvalue weighted by molar-refractivity contribution is 7.90. The van der Waals surface area contributed by atoms with Gasteiger partial charge in [-0.05, 0) is 33.7 Å². The molecule has 0 radical (unpaired) electrons. The molecule has 2 nitrogen and oxygen atoms in total. The van der Waals surface area contributed by atoms with Gasteiger partial charge in [0.05, 0.1) is 21.8 Å². The second-order valence-corrected chi connectivity index (χ2v) is 16.1. The third kappa shape index (κ3) is 5.65. The van der Waals surface area contributed by atoms with E-state index in [9.17, 15) is 0 Å². The molecule has 8 aromatic carbocycles. The van der Waals surface area contributed by atoms with Crippen LogP contribution in [0.4, 0.5) is 11.4 Å². The fourth-order valence-electron chi connectivity index (χ4n) is 6.57. The van der Waals surface area contributed by atoms with Crippen LogP contribution in [0, 0.1) is 0 Å². The van der Waals surface area contributed by atoms with Crippen molar-refractivity contribution in [1.82, 2.24) is 0 Å². The molecule has 8 rings (SSSR count). The lowest BCUT2D eigenvalue weighted by molar-refractivity contribution is 1.57. The Kier molecular flexibility index (Phi) is 8.44. The van der Waals surface area contributed by atoms with E-state index >= 15 is 0 Å². The minimum Gasteiger partial charge on any atom is -0.398 e. The monoisotopic (exact) mass is 652 g/mol. The van der Waals surface area contributed by atoms with Crippen molar-refractivity contribution in [3.8, 4) is 11.1 Å². The summed E-state index contributed by atoms with van der Waals surface area (Å²) >= 11 is 0. The topological polar surface area (TPSA) is 29.3 Å². The van der Waals surface area contributed by atoms with E-state index in [1.165, 1.54) is 48.6 Å². The van der Waals surface area contributed by atoms with Crippen molar-refractivity contribution in [3.05, 3.63) is 194 Å². The van der Waals surface area contributed by atoms with E-state index in [1.54, 1.807) is 0 Å². The summed E-state index contributed by atoms with van der Waals surface area (Å²) in [6.07, 6.45) is 0. The molecule has 4 heteroatoms.